The van der Waals surface area contributed by atoms with Crippen molar-refractivity contribution in [3.05, 3.63) is 11.6 Å². The van der Waals surface area contributed by atoms with Gasteiger partial charge in [0, 0.05) is 33.2 Å². The summed E-state index contributed by atoms with van der Waals surface area (Å²) in [7, 11) is -1.59. The number of hydrogen-bond acceptors (Lipinski definition) is 4. The molecular formula is C18H35IN4O3S. The molecule has 0 bridgehead atoms. The van der Waals surface area contributed by atoms with Gasteiger partial charge in [-0.25, -0.2) is 8.42 Å². The average Bonchev–Trinajstić information content (AvgIpc) is 2.60. The lowest BCUT2D eigenvalue weighted by atomic mass is 9.97. The molecule has 0 spiro atoms. The van der Waals surface area contributed by atoms with Gasteiger partial charge in [-0.05, 0) is 46.0 Å². The first-order valence-corrected chi connectivity index (χ1v) is 11.3. The Balaban J connectivity index is 0.00000364. The highest BCUT2D eigenvalue weighted by Crippen LogP contribution is 2.19. The monoisotopic (exact) mass is 514 g/mol. The molecule has 0 radical (unpaired) electrons. The Morgan fingerprint density at radius 1 is 1.22 bits per heavy atom. The van der Waals surface area contributed by atoms with Crippen molar-refractivity contribution in [3.63, 3.8) is 0 Å². The van der Waals surface area contributed by atoms with E-state index in [1.54, 1.807) is 11.4 Å². The number of guanidine groups is 1. The number of hydrogen-bond donors (Lipinski definition) is 2. The maximum atomic E-state index is 12.5. The van der Waals surface area contributed by atoms with Crippen LogP contribution < -0.4 is 10.6 Å². The molecule has 7 nitrogen and oxygen atoms in total. The zero-order valence-corrected chi connectivity index (χ0v) is 19.9. The first-order valence-electron chi connectivity index (χ1n) is 9.66. The van der Waals surface area contributed by atoms with E-state index in [1.165, 1.54) is 31.3 Å². The second-order valence-electron chi connectivity index (χ2n) is 7.17. The molecule has 1 heterocycles. The summed E-state index contributed by atoms with van der Waals surface area (Å²) in [6.07, 6.45) is 8.21. The highest BCUT2D eigenvalue weighted by Gasteiger charge is 2.30. The van der Waals surface area contributed by atoms with Crippen molar-refractivity contribution in [2.45, 2.75) is 58.2 Å². The number of morpholine rings is 1. The van der Waals surface area contributed by atoms with Gasteiger partial charge < -0.3 is 15.4 Å². The molecule has 2 N–H and O–H groups in total. The Morgan fingerprint density at radius 2 is 1.89 bits per heavy atom. The number of allylic oxidation sites excluding steroid dienone is 1. The maximum Gasteiger partial charge on any atom is 0.216 e. The van der Waals surface area contributed by atoms with Crippen molar-refractivity contribution < 1.29 is 13.2 Å². The van der Waals surface area contributed by atoms with Crippen molar-refractivity contribution in [1.29, 1.82) is 0 Å². The van der Waals surface area contributed by atoms with Gasteiger partial charge in [0.2, 0.25) is 10.0 Å². The second kappa shape index (κ2) is 12.2. The molecular weight excluding hydrogens is 479 g/mol. The summed E-state index contributed by atoms with van der Waals surface area (Å²) in [6, 6.07) is 0. The van der Waals surface area contributed by atoms with E-state index in [0.29, 0.717) is 25.6 Å². The van der Waals surface area contributed by atoms with Gasteiger partial charge in [-0.3, -0.25) is 4.99 Å². The molecule has 2 aliphatic rings. The van der Waals surface area contributed by atoms with Gasteiger partial charge in [0.1, 0.15) is 0 Å². The van der Waals surface area contributed by atoms with Crippen LogP contribution in [-0.2, 0) is 14.8 Å². The Labute approximate surface area is 181 Å². The molecule has 0 saturated carbocycles. The predicted octanol–water partition coefficient (Wildman–Crippen LogP) is 2.10. The van der Waals surface area contributed by atoms with Crippen LogP contribution in [0.15, 0.2) is 16.6 Å². The quantitative estimate of drug-likeness (QED) is 0.235. The Bertz CT molecular complexity index is 600. The average molecular weight is 514 g/mol. The number of rotatable bonds is 7. The lowest BCUT2D eigenvalue weighted by Gasteiger charge is -2.34. The van der Waals surface area contributed by atoms with Crippen LogP contribution in [0.1, 0.15) is 46.0 Å². The fourth-order valence-electron chi connectivity index (χ4n) is 3.48. The SMILES string of the molecule is CN=C(NCCC1=CCCCC1)NCCS(=O)(=O)N1CC(C)OC(C)C1.I. The smallest absolute Gasteiger partial charge is 0.216 e. The Kier molecular flexibility index (Phi) is 11.2. The number of aliphatic imine (C=N–C) groups is 1. The summed E-state index contributed by atoms with van der Waals surface area (Å²) in [5, 5.41) is 6.37. The molecule has 0 aromatic carbocycles. The largest absolute Gasteiger partial charge is 0.373 e. The maximum absolute atomic E-state index is 12.5. The highest BCUT2D eigenvalue weighted by molar-refractivity contribution is 14.0. The molecule has 158 valence electrons. The van der Waals surface area contributed by atoms with E-state index >= 15 is 0 Å². The number of halogens is 1. The molecule has 1 aliphatic heterocycles. The van der Waals surface area contributed by atoms with Gasteiger partial charge in [0.15, 0.2) is 5.96 Å². The van der Waals surface area contributed by atoms with Gasteiger partial charge in [-0.1, -0.05) is 11.6 Å². The number of nitrogens with one attached hydrogen (secondary N) is 2. The van der Waals surface area contributed by atoms with Crippen LogP contribution in [0.3, 0.4) is 0 Å². The van der Waals surface area contributed by atoms with E-state index in [0.717, 1.165) is 13.0 Å². The molecule has 1 fully saturated rings. The fourth-order valence-corrected chi connectivity index (χ4v) is 4.97. The van der Waals surface area contributed by atoms with Crippen molar-refractivity contribution in [1.82, 2.24) is 14.9 Å². The summed E-state index contributed by atoms with van der Waals surface area (Å²) in [6.45, 7) is 5.82. The second-order valence-corrected chi connectivity index (χ2v) is 9.26. The van der Waals surface area contributed by atoms with Crippen molar-refractivity contribution >= 4 is 40.0 Å². The Morgan fingerprint density at radius 3 is 2.48 bits per heavy atom. The summed E-state index contributed by atoms with van der Waals surface area (Å²) in [5.74, 6) is 0.707. The third-order valence-corrected chi connectivity index (χ3v) is 6.58. The van der Waals surface area contributed by atoms with Crippen LogP contribution in [-0.4, -0.2) is 69.9 Å². The molecule has 2 atom stereocenters. The third-order valence-electron chi connectivity index (χ3n) is 4.78. The third kappa shape index (κ3) is 8.66. The zero-order chi connectivity index (χ0) is 19.0. The number of ether oxygens (including phenoxy) is 1. The number of nitrogens with zero attached hydrogens (tertiary/aromatic N) is 2. The van der Waals surface area contributed by atoms with Crippen LogP contribution in [0.25, 0.3) is 0 Å². The zero-order valence-electron chi connectivity index (χ0n) is 16.7. The van der Waals surface area contributed by atoms with Crippen LogP contribution in [0.5, 0.6) is 0 Å². The van der Waals surface area contributed by atoms with Gasteiger partial charge in [0.25, 0.3) is 0 Å². The van der Waals surface area contributed by atoms with E-state index in [9.17, 15) is 8.42 Å². The molecule has 9 heteroatoms. The number of sulfonamides is 1. The first-order chi connectivity index (χ1) is 12.4. The summed E-state index contributed by atoms with van der Waals surface area (Å²) >= 11 is 0. The molecule has 1 aliphatic carbocycles. The van der Waals surface area contributed by atoms with Gasteiger partial charge in [-0.15, -0.1) is 24.0 Å². The van der Waals surface area contributed by atoms with Crippen molar-refractivity contribution in [2.24, 2.45) is 4.99 Å². The van der Waals surface area contributed by atoms with Crippen molar-refractivity contribution in [3.8, 4) is 0 Å². The van der Waals surface area contributed by atoms with E-state index < -0.39 is 10.0 Å². The summed E-state index contributed by atoms with van der Waals surface area (Å²) < 4.78 is 32.2. The summed E-state index contributed by atoms with van der Waals surface area (Å²) in [5.41, 5.74) is 1.51. The molecule has 2 rings (SSSR count). The van der Waals surface area contributed by atoms with Gasteiger partial charge >= 0.3 is 0 Å². The minimum Gasteiger partial charge on any atom is -0.373 e. The van der Waals surface area contributed by atoms with Crippen molar-refractivity contribution in [2.75, 3.05) is 39.0 Å². The summed E-state index contributed by atoms with van der Waals surface area (Å²) in [4.78, 5) is 4.17. The van der Waals surface area contributed by atoms with Gasteiger partial charge in [-0.2, -0.15) is 4.31 Å². The lowest BCUT2D eigenvalue weighted by Crippen LogP contribution is -2.50. The van der Waals surface area contributed by atoms with E-state index in [2.05, 4.69) is 21.7 Å². The molecule has 0 amide bonds. The fraction of sp³-hybridized carbons (Fsp3) is 0.833. The molecule has 2 unspecified atom stereocenters. The minimum absolute atomic E-state index is 0. The van der Waals surface area contributed by atoms with E-state index in [-0.39, 0.29) is 41.9 Å². The van der Waals surface area contributed by atoms with E-state index in [4.69, 9.17) is 4.74 Å². The van der Waals surface area contributed by atoms with Gasteiger partial charge in [0.05, 0.1) is 18.0 Å². The standard InChI is InChI=1S/C18H34N4O3S.HI/c1-15-13-22(14-16(2)25-15)26(23,24)12-11-21-18(19-3)20-10-9-17-7-5-4-6-8-17;/h7,15-16H,4-6,8-14H2,1-3H3,(H2,19,20,21);1H. The van der Waals surface area contributed by atoms with Crippen LogP contribution in [0.2, 0.25) is 0 Å². The molecule has 27 heavy (non-hydrogen) atoms. The molecule has 1 saturated heterocycles. The lowest BCUT2D eigenvalue weighted by molar-refractivity contribution is -0.0440. The van der Waals surface area contributed by atoms with Crippen LogP contribution in [0.4, 0.5) is 0 Å². The molecule has 0 aromatic heterocycles. The normalized spacial score (nSPS) is 24.7. The van der Waals surface area contributed by atoms with Crippen LogP contribution in [0, 0.1) is 0 Å². The van der Waals surface area contributed by atoms with Crippen LogP contribution >= 0.6 is 24.0 Å². The first kappa shape index (κ1) is 24.6. The topological polar surface area (TPSA) is 83.0 Å². The highest BCUT2D eigenvalue weighted by atomic mass is 127. The predicted molar refractivity (Wildman–Crippen MR) is 121 cm³/mol. The molecule has 0 aromatic rings. The van der Waals surface area contributed by atoms with E-state index in [1.807, 2.05) is 13.8 Å². The Hall–Kier alpha value is -0.390. The minimum atomic E-state index is -3.29.